The number of fused-ring (bicyclic) bond motifs is 1. The summed E-state index contributed by atoms with van der Waals surface area (Å²) in [5.41, 5.74) is 0.985. The molecule has 3 rings (SSSR count). The minimum absolute atomic E-state index is 0.0783. The number of ether oxygens (including phenoxy) is 2. The van der Waals surface area contributed by atoms with E-state index in [1.165, 1.54) is 6.42 Å². The number of rotatable bonds is 6. The third-order valence-electron chi connectivity index (χ3n) is 4.92. The lowest BCUT2D eigenvalue weighted by atomic mass is 10.1. The van der Waals surface area contributed by atoms with Crippen LogP contribution < -0.4 is 9.64 Å². The molecule has 0 bridgehead atoms. The van der Waals surface area contributed by atoms with Crippen LogP contribution in [0.2, 0.25) is 0 Å². The maximum absolute atomic E-state index is 12.9. The van der Waals surface area contributed by atoms with Crippen molar-refractivity contribution in [3.8, 4) is 5.75 Å². The van der Waals surface area contributed by atoms with Crippen LogP contribution in [0.25, 0.3) is 0 Å². The number of nitrogens with zero attached hydrogens (tertiary/aromatic N) is 2. The van der Waals surface area contributed by atoms with E-state index in [-0.39, 0.29) is 11.9 Å². The van der Waals surface area contributed by atoms with Crippen molar-refractivity contribution >= 4 is 17.6 Å². The topological polar surface area (TPSA) is 59.1 Å². The highest BCUT2D eigenvalue weighted by Crippen LogP contribution is 2.33. The number of piperidine rings is 1. The second kappa shape index (κ2) is 8.92. The fourth-order valence-corrected chi connectivity index (χ4v) is 3.61. The molecule has 0 saturated carbocycles. The first-order valence-electron chi connectivity index (χ1n) is 9.64. The van der Waals surface area contributed by atoms with Crippen LogP contribution >= 0.6 is 0 Å². The summed E-state index contributed by atoms with van der Waals surface area (Å²) in [6.07, 6.45) is 3.93. The van der Waals surface area contributed by atoms with Crippen LogP contribution in [0, 0.1) is 0 Å². The summed E-state index contributed by atoms with van der Waals surface area (Å²) >= 11 is 0. The molecule has 1 atom stereocenters. The van der Waals surface area contributed by atoms with Crippen molar-refractivity contribution in [2.45, 2.75) is 45.1 Å². The van der Waals surface area contributed by atoms with Crippen molar-refractivity contribution < 1.29 is 19.1 Å². The number of carbonyl (C=O) groups excluding carboxylic acids is 2. The van der Waals surface area contributed by atoms with Crippen molar-refractivity contribution in [3.63, 3.8) is 0 Å². The van der Waals surface area contributed by atoms with Crippen molar-refractivity contribution in [2.24, 2.45) is 0 Å². The van der Waals surface area contributed by atoms with Crippen LogP contribution in [-0.2, 0) is 14.3 Å². The van der Waals surface area contributed by atoms with Gasteiger partial charge in [0.1, 0.15) is 5.75 Å². The number of benzene rings is 1. The minimum atomic E-state index is -0.481. The van der Waals surface area contributed by atoms with Gasteiger partial charge in [-0.25, -0.2) is 0 Å². The molecule has 1 fully saturated rings. The van der Waals surface area contributed by atoms with E-state index in [0.29, 0.717) is 32.5 Å². The van der Waals surface area contributed by atoms with E-state index >= 15 is 0 Å². The Morgan fingerprint density at radius 3 is 2.73 bits per heavy atom. The van der Waals surface area contributed by atoms with Gasteiger partial charge in [-0.05, 0) is 44.7 Å². The van der Waals surface area contributed by atoms with Crippen LogP contribution in [0.15, 0.2) is 24.3 Å². The smallest absolute Gasteiger partial charge is 0.305 e. The first kappa shape index (κ1) is 18.5. The maximum Gasteiger partial charge on any atom is 0.305 e. The lowest BCUT2D eigenvalue weighted by molar-refractivity contribution is -0.143. The van der Waals surface area contributed by atoms with Gasteiger partial charge >= 0.3 is 5.97 Å². The lowest BCUT2D eigenvalue weighted by Gasteiger charge is -2.38. The first-order valence-corrected chi connectivity index (χ1v) is 9.64. The minimum Gasteiger partial charge on any atom is -0.477 e. The molecule has 2 aliphatic heterocycles. The van der Waals surface area contributed by atoms with Gasteiger partial charge in [-0.2, -0.15) is 0 Å². The molecule has 0 N–H and O–H groups in total. The molecule has 6 heteroatoms. The predicted octanol–water partition coefficient (Wildman–Crippen LogP) is 2.61. The fourth-order valence-electron chi connectivity index (χ4n) is 3.61. The standard InChI is InChI=1S/C20H28N2O4/c1-2-25-19(23)11-8-14-22-15-18(20(24)21-12-6-3-7-13-21)26-17-10-5-4-9-16(17)22/h4-5,9-10,18H,2-3,6-8,11-15H2,1H3. The van der Waals surface area contributed by atoms with Gasteiger partial charge in [-0.1, -0.05) is 12.1 Å². The molecule has 26 heavy (non-hydrogen) atoms. The molecule has 1 aromatic rings. The highest BCUT2D eigenvalue weighted by molar-refractivity contribution is 5.83. The van der Waals surface area contributed by atoms with Crippen molar-refractivity contribution in [1.29, 1.82) is 0 Å². The quantitative estimate of drug-likeness (QED) is 0.730. The number of hydrogen-bond acceptors (Lipinski definition) is 5. The Hall–Kier alpha value is -2.24. The zero-order chi connectivity index (χ0) is 18.4. The van der Waals surface area contributed by atoms with Crippen LogP contribution in [-0.4, -0.2) is 55.7 Å². The number of para-hydroxylation sites is 2. The van der Waals surface area contributed by atoms with E-state index < -0.39 is 6.10 Å². The number of hydrogen-bond donors (Lipinski definition) is 0. The normalized spacial score (nSPS) is 19.5. The van der Waals surface area contributed by atoms with E-state index in [9.17, 15) is 9.59 Å². The van der Waals surface area contributed by atoms with Gasteiger partial charge in [0.15, 0.2) is 6.10 Å². The van der Waals surface area contributed by atoms with Crippen molar-refractivity contribution in [2.75, 3.05) is 37.7 Å². The lowest BCUT2D eigenvalue weighted by Crippen LogP contribution is -2.51. The molecular weight excluding hydrogens is 332 g/mol. The first-order chi connectivity index (χ1) is 12.7. The van der Waals surface area contributed by atoms with Gasteiger partial charge in [-0.3, -0.25) is 9.59 Å². The predicted molar refractivity (Wildman–Crippen MR) is 99.4 cm³/mol. The summed E-state index contributed by atoms with van der Waals surface area (Å²) in [4.78, 5) is 28.5. The maximum atomic E-state index is 12.9. The fraction of sp³-hybridized carbons (Fsp3) is 0.600. The molecule has 1 aromatic carbocycles. The molecule has 2 aliphatic rings. The van der Waals surface area contributed by atoms with Crippen LogP contribution in [0.4, 0.5) is 5.69 Å². The van der Waals surface area contributed by atoms with E-state index in [1.54, 1.807) is 0 Å². The Bertz CT molecular complexity index is 628. The molecular formula is C20H28N2O4. The summed E-state index contributed by atoms with van der Waals surface area (Å²) in [6, 6.07) is 7.79. The highest BCUT2D eigenvalue weighted by atomic mass is 16.5. The van der Waals surface area contributed by atoms with E-state index in [4.69, 9.17) is 9.47 Å². The molecule has 1 unspecified atom stereocenters. The van der Waals surface area contributed by atoms with Gasteiger partial charge in [0.05, 0.1) is 18.8 Å². The molecule has 6 nitrogen and oxygen atoms in total. The average molecular weight is 360 g/mol. The van der Waals surface area contributed by atoms with E-state index in [1.807, 2.05) is 36.1 Å². The van der Waals surface area contributed by atoms with E-state index in [0.717, 1.165) is 37.4 Å². The number of anilines is 1. The van der Waals surface area contributed by atoms with Gasteiger partial charge in [0, 0.05) is 26.1 Å². The van der Waals surface area contributed by atoms with Crippen molar-refractivity contribution in [1.82, 2.24) is 4.90 Å². The summed E-state index contributed by atoms with van der Waals surface area (Å²) in [7, 11) is 0. The second-order valence-electron chi connectivity index (χ2n) is 6.81. The Morgan fingerprint density at radius 1 is 1.19 bits per heavy atom. The second-order valence-corrected chi connectivity index (χ2v) is 6.81. The average Bonchev–Trinajstić information content (AvgIpc) is 2.68. The van der Waals surface area contributed by atoms with Gasteiger partial charge in [0.2, 0.25) is 0 Å². The summed E-state index contributed by atoms with van der Waals surface area (Å²) in [5, 5.41) is 0. The molecule has 0 radical (unpaired) electrons. The number of carbonyl (C=O) groups is 2. The largest absolute Gasteiger partial charge is 0.477 e. The zero-order valence-corrected chi connectivity index (χ0v) is 15.5. The highest BCUT2D eigenvalue weighted by Gasteiger charge is 2.33. The Kier molecular flexibility index (Phi) is 6.36. The van der Waals surface area contributed by atoms with Crippen LogP contribution in [0.3, 0.4) is 0 Å². The summed E-state index contributed by atoms with van der Waals surface area (Å²) in [5.74, 6) is 0.648. The molecule has 1 amide bonds. The van der Waals surface area contributed by atoms with E-state index in [2.05, 4.69) is 4.90 Å². The number of likely N-dealkylation sites (tertiary alicyclic amines) is 1. The van der Waals surface area contributed by atoms with Crippen LogP contribution in [0.1, 0.15) is 39.0 Å². The summed E-state index contributed by atoms with van der Waals surface area (Å²) in [6.45, 7) is 5.09. The molecule has 0 aliphatic carbocycles. The van der Waals surface area contributed by atoms with Gasteiger partial charge in [-0.15, -0.1) is 0 Å². The Balaban J connectivity index is 1.65. The molecule has 1 saturated heterocycles. The third-order valence-corrected chi connectivity index (χ3v) is 4.92. The molecule has 0 aromatic heterocycles. The molecule has 142 valence electrons. The number of esters is 1. The zero-order valence-electron chi connectivity index (χ0n) is 15.5. The van der Waals surface area contributed by atoms with Crippen molar-refractivity contribution in [3.05, 3.63) is 24.3 Å². The SMILES string of the molecule is CCOC(=O)CCCN1CC(C(=O)N2CCCCC2)Oc2ccccc21. The van der Waals surface area contributed by atoms with Crippen LogP contribution in [0.5, 0.6) is 5.75 Å². The molecule has 0 spiro atoms. The van der Waals surface area contributed by atoms with Gasteiger partial charge < -0.3 is 19.3 Å². The molecule has 2 heterocycles. The Morgan fingerprint density at radius 2 is 1.96 bits per heavy atom. The third kappa shape index (κ3) is 4.48. The van der Waals surface area contributed by atoms with Gasteiger partial charge in [0.25, 0.3) is 5.91 Å². The Labute approximate surface area is 155 Å². The monoisotopic (exact) mass is 360 g/mol. The summed E-state index contributed by atoms with van der Waals surface area (Å²) < 4.78 is 11.0. The number of amides is 1.